The van der Waals surface area contributed by atoms with Crippen molar-refractivity contribution in [1.82, 2.24) is 4.99 Å². The van der Waals surface area contributed by atoms with Gasteiger partial charge in [0.15, 0.2) is 0 Å². The zero-order valence-electron chi connectivity index (χ0n) is 5.92. The molecule has 0 aromatic heterocycles. The number of fused-ring (bicyclic) bond motifs is 1. The summed E-state index contributed by atoms with van der Waals surface area (Å²) in [6.07, 6.45) is 8.84. The minimum Gasteiger partial charge on any atom is -0.438 e. The molecule has 0 aromatic carbocycles. The lowest BCUT2D eigenvalue weighted by atomic mass is 9.92. The number of ether oxygens (including phenoxy) is 1. The molecule has 0 spiro atoms. The van der Waals surface area contributed by atoms with Crippen molar-refractivity contribution in [3.8, 4) is 0 Å². The van der Waals surface area contributed by atoms with Gasteiger partial charge in [0.25, 0.3) is 0 Å². The molecule has 2 heteroatoms. The highest BCUT2D eigenvalue weighted by Gasteiger charge is 2.24. The van der Waals surface area contributed by atoms with Crippen molar-refractivity contribution >= 4 is 6.40 Å². The van der Waals surface area contributed by atoms with Crippen molar-refractivity contribution in [2.45, 2.75) is 31.8 Å². The van der Waals surface area contributed by atoms with E-state index in [1.807, 2.05) is 6.20 Å². The molecule has 2 rings (SSSR count). The quantitative estimate of drug-likeness (QED) is 0.492. The van der Waals surface area contributed by atoms with Gasteiger partial charge in [0.2, 0.25) is 6.20 Å². The molecular formula is C8H11NO+. The molecule has 1 aliphatic carbocycles. The Morgan fingerprint density at radius 2 is 2.50 bits per heavy atom. The Bertz CT molecular complexity index is 184. The number of rotatable bonds is 0. The Balaban J connectivity index is 2.14. The Morgan fingerprint density at radius 3 is 3.40 bits per heavy atom. The van der Waals surface area contributed by atoms with E-state index in [1.165, 1.54) is 31.3 Å². The molecule has 0 bridgehead atoms. The van der Waals surface area contributed by atoms with Crippen molar-refractivity contribution in [2.75, 3.05) is 0 Å². The second-order valence-corrected chi connectivity index (χ2v) is 2.83. The van der Waals surface area contributed by atoms with Crippen LogP contribution in [0.1, 0.15) is 25.7 Å². The fourth-order valence-electron chi connectivity index (χ4n) is 1.54. The highest BCUT2D eigenvalue weighted by Crippen LogP contribution is 2.25. The average molecular weight is 137 g/mol. The summed E-state index contributed by atoms with van der Waals surface area (Å²) in [7, 11) is 0. The minimum absolute atomic E-state index is 0.367. The molecule has 1 fully saturated rings. The Hall–Kier alpha value is -0.790. The van der Waals surface area contributed by atoms with Gasteiger partial charge in [0.05, 0.1) is 4.99 Å². The first-order valence-electron chi connectivity index (χ1n) is 3.83. The number of hydrogen-bond acceptors (Lipinski definition) is 2. The zero-order valence-corrected chi connectivity index (χ0v) is 5.92. The first-order valence-corrected chi connectivity index (χ1v) is 3.83. The van der Waals surface area contributed by atoms with E-state index >= 15 is 0 Å². The normalized spacial score (nSPS) is 30.4. The topological polar surface area (TPSA) is 23.3 Å². The number of hydrogen-bond donors (Lipinski definition) is 0. The summed E-state index contributed by atoms with van der Waals surface area (Å²) in [6, 6.07) is 0. The molecule has 1 atom stereocenters. The van der Waals surface area contributed by atoms with Gasteiger partial charge in [0.1, 0.15) is 6.10 Å². The van der Waals surface area contributed by atoms with Gasteiger partial charge in [0, 0.05) is 5.57 Å². The van der Waals surface area contributed by atoms with Crippen molar-refractivity contribution in [3.63, 3.8) is 0 Å². The monoisotopic (exact) mass is 137 g/mol. The van der Waals surface area contributed by atoms with Gasteiger partial charge in [-0.25, -0.2) is 0 Å². The van der Waals surface area contributed by atoms with Gasteiger partial charge in [-0.05, 0) is 25.7 Å². The first kappa shape index (κ1) is 5.96. The van der Waals surface area contributed by atoms with Crippen LogP contribution in [-0.4, -0.2) is 12.5 Å². The van der Waals surface area contributed by atoms with Crippen molar-refractivity contribution in [2.24, 2.45) is 0 Å². The molecule has 0 N–H and O–H groups in total. The van der Waals surface area contributed by atoms with Crippen LogP contribution in [0.15, 0.2) is 11.8 Å². The summed E-state index contributed by atoms with van der Waals surface area (Å²) in [5.41, 5.74) is 1.38. The van der Waals surface area contributed by atoms with Gasteiger partial charge in [-0.1, -0.05) is 0 Å². The second-order valence-electron chi connectivity index (χ2n) is 2.83. The fraction of sp³-hybridized carbons (Fsp3) is 0.625. The summed E-state index contributed by atoms with van der Waals surface area (Å²) in [5, 5.41) is 0. The van der Waals surface area contributed by atoms with Gasteiger partial charge >= 0.3 is 6.40 Å². The molecule has 0 saturated heterocycles. The van der Waals surface area contributed by atoms with Crippen LogP contribution in [0.2, 0.25) is 0 Å². The van der Waals surface area contributed by atoms with E-state index in [2.05, 4.69) is 4.99 Å². The Morgan fingerprint density at radius 1 is 1.50 bits per heavy atom. The van der Waals surface area contributed by atoms with E-state index in [1.54, 1.807) is 6.40 Å². The molecular weight excluding hydrogens is 126 g/mol. The molecule has 53 valence electrons. The molecule has 1 heterocycles. The predicted molar refractivity (Wildman–Crippen MR) is 39.6 cm³/mol. The standard InChI is InChI=1S/C8H11NO/c1-2-4-8-7(3-1)5-9-6-10-8/h5-6,8H,1-4H2/q+1. The van der Waals surface area contributed by atoms with Crippen molar-refractivity contribution < 1.29 is 4.74 Å². The third-order valence-electron chi connectivity index (χ3n) is 2.12. The number of nitrogens with zero attached hydrogens (tertiary/aromatic N) is 1. The maximum Gasteiger partial charge on any atom is 0.398 e. The van der Waals surface area contributed by atoms with Crippen LogP contribution >= 0.6 is 0 Å². The molecule has 0 amide bonds. The molecule has 1 saturated carbocycles. The molecule has 10 heavy (non-hydrogen) atoms. The van der Waals surface area contributed by atoms with E-state index in [9.17, 15) is 0 Å². The third-order valence-corrected chi connectivity index (χ3v) is 2.12. The molecule has 2 aliphatic rings. The van der Waals surface area contributed by atoms with Gasteiger partial charge in [-0.2, -0.15) is 0 Å². The smallest absolute Gasteiger partial charge is 0.398 e. The summed E-state index contributed by atoms with van der Waals surface area (Å²) < 4.78 is 5.32. The van der Waals surface area contributed by atoms with Crippen LogP contribution in [0.4, 0.5) is 0 Å². The lowest BCUT2D eigenvalue weighted by Gasteiger charge is -2.21. The van der Waals surface area contributed by atoms with Crippen molar-refractivity contribution in [1.29, 1.82) is 0 Å². The Kier molecular flexibility index (Phi) is 1.46. The Labute approximate surface area is 60.6 Å². The predicted octanol–water partition coefficient (Wildman–Crippen LogP) is 1.21. The highest BCUT2D eigenvalue weighted by molar-refractivity contribution is 5.49. The zero-order chi connectivity index (χ0) is 6.81. The molecule has 1 aliphatic heterocycles. The second kappa shape index (κ2) is 2.45. The number of aliphatic imine (C=N–C) groups is 1. The van der Waals surface area contributed by atoms with Gasteiger partial charge in [-0.15, -0.1) is 0 Å². The molecule has 1 radical (unpaired) electrons. The lowest BCUT2D eigenvalue weighted by Crippen LogP contribution is -2.23. The molecule has 1 unspecified atom stereocenters. The van der Waals surface area contributed by atoms with Gasteiger partial charge < -0.3 is 4.74 Å². The van der Waals surface area contributed by atoms with Crippen LogP contribution in [0.5, 0.6) is 0 Å². The SMILES string of the molecule is C1=[N+]C=C2CCCCC2O1. The van der Waals surface area contributed by atoms with E-state index in [4.69, 9.17) is 4.74 Å². The van der Waals surface area contributed by atoms with Crippen LogP contribution in [-0.2, 0) is 4.74 Å². The fourth-order valence-corrected chi connectivity index (χ4v) is 1.54. The summed E-state index contributed by atoms with van der Waals surface area (Å²) >= 11 is 0. The van der Waals surface area contributed by atoms with Gasteiger partial charge in [-0.3, -0.25) is 0 Å². The van der Waals surface area contributed by atoms with Crippen molar-refractivity contribution in [3.05, 3.63) is 11.8 Å². The summed E-state index contributed by atoms with van der Waals surface area (Å²) in [5.74, 6) is 0. The summed E-state index contributed by atoms with van der Waals surface area (Å²) in [4.78, 5) is 3.95. The molecule has 2 nitrogen and oxygen atoms in total. The summed E-state index contributed by atoms with van der Waals surface area (Å²) in [6.45, 7) is 0. The van der Waals surface area contributed by atoms with E-state index in [0.29, 0.717) is 6.10 Å². The maximum atomic E-state index is 5.32. The average Bonchev–Trinajstić information content (AvgIpc) is 2.05. The maximum absolute atomic E-state index is 5.32. The van der Waals surface area contributed by atoms with Crippen LogP contribution in [0.3, 0.4) is 0 Å². The molecule has 0 aromatic rings. The largest absolute Gasteiger partial charge is 0.438 e. The van der Waals surface area contributed by atoms with E-state index in [0.717, 1.165) is 0 Å². The van der Waals surface area contributed by atoms with E-state index < -0.39 is 0 Å². The highest BCUT2D eigenvalue weighted by atomic mass is 16.5. The van der Waals surface area contributed by atoms with E-state index in [-0.39, 0.29) is 0 Å². The van der Waals surface area contributed by atoms with Crippen LogP contribution < -0.4 is 4.99 Å². The third kappa shape index (κ3) is 0.939. The van der Waals surface area contributed by atoms with Crippen LogP contribution in [0.25, 0.3) is 0 Å². The minimum atomic E-state index is 0.367. The first-order chi connectivity index (χ1) is 4.97. The van der Waals surface area contributed by atoms with Crippen LogP contribution in [0, 0.1) is 0 Å². The lowest BCUT2D eigenvalue weighted by molar-refractivity contribution is 0.194.